The first-order chi connectivity index (χ1) is 9.41. The van der Waals surface area contributed by atoms with E-state index in [1.54, 1.807) is 18.7 Å². The van der Waals surface area contributed by atoms with Crippen LogP contribution in [0.3, 0.4) is 0 Å². The van der Waals surface area contributed by atoms with E-state index in [4.69, 9.17) is 0 Å². The van der Waals surface area contributed by atoms with Crippen LogP contribution in [-0.4, -0.2) is 41.1 Å². The molecule has 0 radical (unpaired) electrons. The summed E-state index contributed by atoms with van der Waals surface area (Å²) in [7, 11) is 0. The molecule has 0 atom stereocenters. The Labute approximate surface area is 123 Å². The highest BCUT2D eigenvalue weighted by molar-refractivity contribution is 8.00. The molecule has 108 valence electrons. The number of rotatable bonds is 3. The number of benzene rings is 1. The van der Waals surface area contributed by atoms with Crippen LogP contribution in [0.4, 0.5) is 0 Å². The fourth-order valence-electron chi connectivity index (χ4n) is 2.19. The lowest BCUT2D eigenvalue weighted by atomic mass is 9.99. The van der Waals surface area contributed by atoms with Gasteiger partial charge in [0.1, 0.15) is 5.54 Å². The summed E-state index contributed by atoms with van der Waals surface area (Å²) < 4.78 is 0. The number of nitrogens with one attached hydrogen (secondary N) is 1. The van der Waals surface area contributed by atoms with Gasteiger partial charge in [0, 0.05) is 18.0 Å². The molecule has 5 heteroatoms. The third-order valence-corrected chi connectivity index (χ3v) is 4.53. The van der Waals surface area contributed by atoms with E-state index in [9.17, 15) is 9.59 Å². The van der Waals surface area contributed by atoms with Crippen LogP contribution >= 0.6 is 11.8 Å². The molecule has 1 aromatic carbocycles. The summed E-state index contributed by atoms with van der Waals surface area (Å²) in [5.74, 6) is 0.285. The summed E-state index contributed by atoms with van der Waals surface area (Å²) in [4.78, 5) is 26.9. The molecule has 1 aliphatic rings. The van der Waals surface area contributed by atoms with Gasteiger partial charge in [0.25, 0.3) is 0 Å². The normalized spacial score (nSPS) is 17.8. The largest absolute Gasteiger partial charge is 0.352 e. The van der Waals surface area contributed by atoms with E-state index in [1.807, 2.05) is 31.2 Å². The van der Waals surface area contributed by atoms with Gasteiger partial charge in [-0.3, -0.25) is 9.59 Å². The lowest BCUT2D eigenvalue weighted by molar-refractivity contribution is -0.147. The molecule has 0 saturated carbocycles. The fourth-order valence-corrected chi connectivity index (χ4v) is 2.97. The summed E-state index contributed by atoms with van der Waals surface area (Å²) in [5.41, 5.74) is 0.443. The van der Waals surface area contributed by atoms with Gasteiger partial charge in [-0.25, -0.2) is 0 Å². The average Bonchev–Trinajstić information content (AvgIpc) is 2.41. The van der Waals surface area contributed by atoms with Gasteiger partial charge in [0.2, 0.25) is 11.8 Å². The van der Waals surface area contributed by atoms with E-state index in [1.165, 1.54) is 17.3 Å². The highest BCUT2D eigenvalue weighted by Gasteiger charge is 2.40. The third-order valence-electron chi connectivity index (χ3n) is 3.54. The first-order valence-corrected chi connectivity index (χ1v) is 7.68. The summed E-state index contributed by atoms with van der Waals surface area (Å²) in [5, 5.41) is 2.80. The molecule has 1 saturated heterocycles. The number of thioether (sulfide) groups is 1. The van der Waals surface area contributed by atoms with Crippen molar-refractivity contribution in [3.8, 4) is 0 Å². The molecule has 0 aromatic heterocycles. The minimum atomic E-state index is -0.761. The molecule has 0 spiro atoms. The molecule has 0 aliphatic carbocycles. The van der Waals surface area contributed by atoms with Crippen LogP contribution in [0.25, 0.3) is 0 Å². The maximum Gasteiger partial charge on any atom is 0.245 e. The second kappa shape index (κ2) is 5.87. The van der Waals surface area contributed by atoms with Crippen molar-refractivity contribution in [2.75, 3.05) is 18.8 Å². The molecular weight excluding hydrogens is 272 g/mol. The molecule has 1 N–H and O–H groups in total. The first kappa shape index (κ1) is 14.9. The number of nitrogens with zero attached hydrogens (tertiary/aromatic N) is 1. The van der Waals surface area contributed by atoms with Gasteiger partial charge in [-0.1, -0.05) is 17.7 Å². The van der Waals surface area contributed by atoms with Crippen molar-refractivity contribution in [2.24, 2.45) is 0 Å². The molecule has 0 unspecified atom stereocenters. The zero-order chi connectivity index (χ0) is 14.8. The number of hydrogen-bond acceptors (Lipinski definition) is 3. The molecule has 0 bridgehead atoms. The minimum Gasteiger partial charge on any atom is -0.352 e. The Morgan fingerprint density at radius 1 is 1.35 bits per heavy atom. The van der Waals surface area contributed by atoms with Crippen LogP contribution in [0, 0.1) is 6.92 Å². The number of aryl methyl sites for hydroxylation is 1. The Hall–Kier alpha value is -1.49. The third kappa shape index (κ3) is 3.15. The maximum absolute atomic E-state index is 12.3. The monoisotopic (exact) mass is 292 g/mol. The van der Waals surface area contributed by atoms with Gasteiger partial charge >= 0.3 is 0 Å². The predicted molar refractivity (Wildman–Crippen MR) is 80.7 cm³/mol. The van der Waals surface area contributed by atoms with Gasteiger partial charge in [-0.2, -0.15) is 0 Å². The number of piperazine rings is 1. The molecule has 1 heterocycles. The molecule has 2 amide bonds. The average molecular weight is 292 g/mol. The van der Waals surface area contributed by atoms with Gasteiger partial charge in [0.05, 0.1) is 5.75 Å². The molecule has 1 fully saturated rings. The van der Waals surface area contributed by atoms with E-state index >= 15 is 0 Å². The Morgan fingerprint density at radius 3 is 2.65 bits per heavy atom. The fraction of sp³-hybridized carbons (Fsp3) is 0.467. The van der Waals surface area contributed by atoms with Crippen LogP contribution in [0.2, 0.25) is 0 Å². The lowest BCUT2D eigenvalue weighted by Crippen LogP contribution is -2.63. The standard InChI is InChI=1S/C15H20N2O2S/c1-11-4-6-12(7-5-11)20-10-13(18)17-9-8-16-14(19)15(17,2)3/h4-7H,8-10H2,1-3H3,(H,16,19). The lowest BCUT2D eigenvalue weighted by Gasteiger charge is -2.41. The first-order valence-electron chi connectivity index (χ1n) is 6.69. The molecule has 4 nitrogen and oxygen atoms in total. The Morgan fingerprint density at radius 2 is 2.00 bits per heavy atom. The van der Waals surface area contributed by atoms with Gasteiger partial charge < -0.3 is 10.2 Å². The molecule has 1 aliphatic heterocycles. The number of carbonyl (C=O) groups is 2. The zero-order valence-electron chi connectivity index (χ0n) is 12.1. The molecule has 2 rings (SSSR count). The van der Waals surface area contributed by atoms with Crippen LogP contribution < -0.4 is 5.32 Å². The second-order valence-corrected chi connectivity index (χ2v) is 6.51. The quantitative estimate of drug-likeness (QED) is 0.865. The Balaban J connectivity index is 1.97. The van der Waals surface area contributed by atoms with Crippen molar-refractivity contribution in [3.63, 3.8) is 0 Å². The molecular formula is C15H20N2O2S. The van der Waals surface area contributed by atoms with Crippen LogP contribution in [0.5, 0.6) is 0 Å². The van der Waals surface area contributed by atoms with Crippen LogP contribution in [0.1, 0.15) is 19.4 Å². The number of carbonyl (C=O) groups excluding carboxylic acids is 2. The van der Waals surface area contributed by atoms with Crippen molar-refractivity contribution in [1.29, 1.82) is 0 Å². The number of amides is 2. The summed E-state index contributed by atoms with van der Waals surface area (Å²) >= 11 is 1.51. The second-order valence-electron chi connectivity index (χ2n) is 5.46. The van der Waals surface area contributed by atoms with E-state index in [2.05, 4.69) is 5.32 Å². The number of hydrogen-bond donors (Lipinski definition) is 1. The van der Waals surface area contributed by atoms with Crippen LogP contribution in [-0.2, 0) is 9.59 Å². The highest BCUT2D eigenvalue weighted by atomic mass is 32.2. The van der Waals surface area contributed by atoms with Gasteiger partial charge in [0.15, 0.2) is 0 Å². The van der Waals surface area contributed by atoms with E-state index < -0.39 is 5.54 Å². The van der Waals surface area contributed by atoms with Crippen molar-refractivity contribution in [3.05, 3.63) is 29.8 Å². The summed E-state index contributed by atoms with van der Waals surface area (Å²) in [6.07, 6.45) is 0. The van der Waals surface area contributed by atoms with Crippen molar-refractivity contribution in [2.45, 2.75) is 31.2 Å². The SMILES string of the molecule is Cc1ccc(SCC(=O)N2CCNC(=O)C2(C)C)cc1. The van der Waals surface area contributed by atoms with E-state index in [0.717, 1.165) is 4.90 Å². The van der Waals surface area contributed by atoms with Crippen molar-refractivity contribution < 1.29 is 9.59 Å². The minimum absolute atomic E-state index is 0.00965. The van der Waals surface area contributed by atoms with E-state index in [-0.39, 0.29) is 11.8 Å². The summed E-state index contributed by atoms with van der Waals surface area (Å²) in [6, 6.07) is 8.10. The van der Waals surface area contributed by atoms with Crippen LogP contribution in [0.15, 0.2) is 29.2 Å². The van der Waals surface area contributed by atoms with Gasteiger partial charge in [-0.15, -0.1) is 11.8 Å². The van der Waals surface area contributed by atoms with Crippen molar-refractivity contribution >= 4 is 23.6 Å². The molecule has 20 heavy (non-hydrogen) atoms. The maximum atomic E-state index is 12.3. The van der Waals surface area contributed by atoms with Gasteiger partial charge in [-0.05, 0) is 32.9 Å². The Bertz CT molecular complexity index is 511. The Kier molecular flexibility index (Phi) is 4.38. The predicted octanol–water partition coefficient (Wildman–Crippen LogP) is 1.82. The van der Waals surface area contributed by atoms with E-state index in [0.29, 0.717) is 18.8 Å². The highest BCUT2D eigenvalue weighted by Crippen LogP contribution is 2.22. The molecule has 1 aromatic rings. The smallest absolute Gasteiger partial charge is 0.245 e. The van der Waals surface area contributed by atoms with Crippen molar-refractivity contribution in [1.82, 2.24) is 10.2 Å². The zero-order valence-corrected chi connectivity index (χ0v) is 12.9. The topological polar surface area (TPSA) is 49.4 Å². The summed E-state index contributed by atoms with van der Waals surface area (Å²) in [6.45, 7) is 6.72.